The van der Waals surface area contributed by atoms with E-state index in [0.717, 1.165) is 10.9 Å². The lowest BCUT2D eigenvalue weighted by molar-refractivity contribution is 0.103. The molecule has 0 unspecified atom stereocenters. The highest BCUT2D eigenvalue weighted by atomic mass is 79.9. The van der Waals surface area contributed by atoms with Crippen LogP contribution in [0.15, 0.2) is 46.9 Å². The molecule has 2 aromatic rings. The number of nitrogens with two attached hydrogens (primary N) is 1. The first-order valence-electron chi connectivity index (χ1n) is 6.66. The summed E-state index contributed by atoms with van der Waals surface area (Å²) in [5.74, 6) is 0.614. The molecule has 0 aliphatic carbocycles. The van der Waals surface area contributed by atoms with Gasteiger partial charge in [-0.15, -0.1) is 0 Å². The molecular weight excluding hydrogens is 314 g/mol. The Hall–Kier alpha value is -1.61. The average Bonchev–Trinajstić information content (AvgIpc) is 2.41. The van der Waals surface area contributed by atoms with Crippen LogP contribution in [0, 0.1) is 5.92 Å². The summed E-state index contributed by atoms with van der Waals surface area (Å²) in [5.41, 5.74) is 8.96. The summed E-state index contributed by atoms with van der Waals surface area (Å²) in [6, 6.07) is 13.1. The van der Waals surface area contributed by atoms with Crippen molar-refractivity contribution in [3.05, 3.63) is 63.6 Å². The summed E-state index contributed by atoms with van der Waals surface area (Å²) in [6.07, 6.45) is 1.03. The van der Waals surface area contributed by atoms with E-state index in [0.29, 0.717) is 22.7 Å². The van der Waals surface area contributed by atoms with E-state index in [-0.39, 0.29) is 5.78 Å². The Morgan fingerprint density at radius 2 is 1.70 bits per heavy atom. The SMILES string of the molecule is CC(C)Cc1ccc(C(=O)c2ccc(Br)c(N)c2)cc1. The molecule has 0 saturated heterocycles. The van der Waals surface area contributed by atoms with E-state index in [4.69, 9.17) is 5.73 Å². The van der Waals surface area contributed by atoms with Crippen LogP contribution >= 0.6 is 15.9 Å². The number of anilines is 1. The smallest absolute Gasteiger partial charge is 0.193 e. The first-order chi connectivity index (χ1) is 9.47. The van der Waals surface area contributed by atoms with Gasteiger partial charge in [0.15, 0.2) is 5.78 Å². The summed E-state index contributed by atoms with van der Waals surface area (Å²) < 4.78 is 0.807. The van der Waals surface area contributed by atoms with Gasteiger partial charge in [0, 0.05) is 21.3 Å². The van der Waals surface area contributed by atoms with E-state index >= 15 is 0 Å². The van der Waals surface area contributed by atoms with Gasteiger partial charge in [0.05, 0.1) is 0 Å². The Morgan fingerprint density at radius 3 is 2.25 bits per heavy atom. The maximum Gasteiger partial charge on any atom is 0.193 e. The number of halogens is 1. The number of benzene rings is 2. The van der Waals surface area contributed by atoms with Crippen molar-refractivity contribution in [3.8, 4) is 0 Å². The van der Waals surface area contributed by atoms with Crippen molar-refractivity contribution in [2.75, 3.05) is 5.73 Å². The molecule has 0 spiro atoms. The Bertz CT molecular complexity index is 617. The first kappa shape index (κ1) is 14.8. The molecule has 104 valence electrons. The maximum absolute atomic E-state index is 12.4. The molecule has 3 heteroatoms. The lowest BCUT2D eigenvalue weighted by Gasteiger charge is -2.07. The van der Waals surface area contributed by atoms with E-state index in [1.165, 1.54) is 5.56 Å². The minimum Gasteiger partial charge on any atom is -0.398 e. The van der Waals surface area contributed by atoms with Crippen molar-refractivity contribution >= 4 is 27.4 Å². The fourth-order valence-electron chi connectivity index (χ4n) is 2.12. The third-order valence-electron chi connectivity index (χ3n) is 3.12. The molecule has 0 heterocycles. The largest absolute Gasteiger partial charge is 0.398 e. The van der Waals surface area contributed by atoms with Crippen molar-refractivity contribution in [1.29, 1.82) is 0 Å². The predicted molar refractivity (Wildman–Crippen MR) is 87.0 cm³/mol. The molecule has 0 aliphatic heterocycles. The van der Waals surface area contributed by atoms with Crippen LogP contribution < -0.4 is 5.73 Å². The molecule has 0 radical (unpaired) electrons. The summed E-state index contributed by atoms with van der Waals surface area (Å²) in [4.78, 5) is 12.4. The molecule has 0 bridgehead atoms. The highest BCUT2D eigenvalue weighted by Gasteiger charge is 2.10. The van der Waals surface area contributed by atoms with Crippen LogP contribution in [0.5, 0.6) is 0 Å². The van der Waals surface area contributed by atoms with Crippen molar-refractivity contribution in [3.63, 3.8) is 0 Å². The summed E-state index contributed by atoms with van der Waals surface area (Å²) in [5, 5.41) is 0. The van der Waals surface area contributed by atoms with Gasteiger partial charge >= 0.3 is 0 Å². The van der Waals surface area contributed by atoms with Gasteiger partial charge in [-0.25, -0.2) is 0 Å². The number of ketones is 1. The summed E-state index contributed by atoms with van der Waals surface area (Å²) >= 11 is 3.33. The van der Waals surface area contributed by atoms with Gasteiger partial charge in [-0.1, -0.05) is 38.1 Å². The Labute approximate surface area is 128 Å². The van der Waals surface area contributed by atoms with Gasteiger partial charge in [0.25, 0.3) is 0 Å². The van der Waals surface area contributed by atoms with E-state index in [1.54, 1.807) is 18.2 Å². The molecule has 0 aromatic heterocycles. The monoisotopic (exact) mass is 331 g/mol. The molecule has 2 rings (SSSR count). The number of carbonyl (C=O) groups excluding carboxylic acids is 1. The molecule has 0 aliphatic rings. The molecule has 2 N–H and O–H groups in total. The number of nitrogen functional groups attached to an aromatic ring is 1. The fraction of sp³-hybridized carbons (Fsp3) is 0.235. The van der Waals surface area contributed by atoms with Gasteiger partial charge in [0.1, 0.15) is 0 Å². The zero-order chi connectivity index (χ0) is 14.7. The molecule has 2 nitrogen and oxygen atoms in total. The van der Waals surface area contributed by atoms with Crippen LogP contribution in [0.25, 0.3) is 0 Å². The van der Waals surface area contributed by atoms with Gasteiger partial charge in [-0.3, -0.25) is 4.79 Å². The molecular formula is C17H18BrNO. The Kier molecular flexibility index (Phi) is 4.61. The number of hydrogen-bond donors (Lipinski definition) is 1. The molecule has 0 fully saturated rings. The maximum atomic E-state index is 12.4. The first-order valence-corrected chi connectivity index (χ1v) is 7.45. The summed E-state index contributed by atoms with van der Waals surface area (Å²) in [7, 11) is 0. The topological polar surface area (TPSA) is 43.1 Å². The van der Waals surface area contributed by atoms with E-state index in [2.05, 4.69) is 29.8 Å². The fourth-order valence-corrected chi connectivity index (χ4v) is 2.36. The van der Waals surface area contributed by atoms with Crippen LogP contribution in [0.1, 0.15) is 35.3 Å². The lowest BCUT2D eigenvalue weighted by atomic mass is 9.98. The van der Waals surface area contributed by atoms with E-state index < -0.39 is 0 Å². The van der Waals surface area contributed by atoms with Crippen LogP contribution in [-0.4, -0.2) is 5.78 Å². The van der Waals surface area contributed by atoms with Crippen LogP contribution in [0.3, 0.4) is 0 Å². The second-order valence-corrected chi connectivity index (χ2v) is 6.21. The van der Waals surface area contributed by atoms with Crippen LogP contribution in [-0.2, 0) is 6.42 Å². The van der Waals surface area contributed by atoms with Gasteiger partial charge in [-0.2, -0.15) is 0 Å². The number of rotatable bonds is 4. The summed E-state index contributed by atoms with van der Waals surface area (Å²) in [6.45, 7) is 4.37. The normalized spacial score (nSPS) is 10.8. The highest BCUT2D eigenvalue weighted by molar-refractivity contribution is 9.10. The minimum atomic E-state index is 0.000275. The molecule has 0 amide bonds. The lowest BCUT2D eigenvalue weighted by Crippen LogP contribution is -2.03. The van der Waals surface area contributed by atoms with Gasteiger partial charge < -0.3 is 5.73 Å². The number of hydrogen-bond acceptors (Lipinski definition) is 2. The van der Waals surface area contributed by atoms with E-state index in [9.17, 15) is 4.79 Å². The second-order valence-electron chi connectivity index (χ2n) is 5.36. The zero-order valence-electron chi connectivity index (χ0n) is 11.7. The van der Waals surface area contributed by atoms with Gasteiger partial charge in [0.2, 0.25) is 0 Å². The highest BCUT2D eigenvalue weighted by Crippen LogP contribution is 2.22. The van der Waals surface area contributed by atoms with E-state index in [1.807, 2.05) is 24.3 Å². The zero-order valence-corrected chi connectivity index (χ0v) is 13.3. The van der Waals surface area contributed by atoms with Crippen molar-refractivity contribution < 1.29 is 4.79 Å². The Balaban J connectivity index is 2.22. The molecule has 2 aromatic carbocycles. The average molecular weight is 332 g/mol. The van der Waals surface area contributed by atoms with Crippen molar-refractivity contribution in [2.24, 2.45) is 5.92 Å². The number of carbonyl (C=O) groups is 1. The van der Waals surface area contributed by atoms with Crippen molar-refractivity contribution in [2.45, 2.75) is 20.3 Å². The standard InChI is InChI=1S/C17H18BrNO/c1-11(2)9-12-3-5-13(6-4-12)17(20)14-7-8-15(18)16(19)10-14/h3-8,10-11H,9,19H2,1-2H3. The quantitative estimate of drug-likeness (QED) is 0.663. The van der Waals surface area contributed by atoms with Crippen molar-refractivity contribution in [1.82, 2.24) is 0 Å². The van der Waals surface area contributed by atoms with Gasteiger partial charge in [-0.05, 0) is 52.0 Å². The predicted octanol–water partition coefficient (Wildman–Crippen LogP) is 4.46. The minimum absolute atomic E-state index is 0.000275. The third kappa shape index (κ3) is 3.48. The Morgan fingerprint density at radius 1 is 1.10 bits per heavy atom. The molecule has 0 saturated carbocycles. The molecule has 0 atom stereocenters. The second kappa shape index (κ2) is 6.23. The third-order valence-corrected chi connectivity index (χ3v) is 3.84. The molecule has 20 heavy (non-hydrogen) atoms. The van der Waals surface area contributed by atoms with Crippen LogP contribution in [0.2, 0.25) is 0 Å². The van der Waals surface area contributed by atoms with Crippen LogP contribution in [0.4, 0.5) is 5.69 Å².